The van der Waals surface area contributed by atoms with Crippen molar-refractivity contribution in [2.75, 3.05) is 0 Å². The molecule has 0 aromatic carbocycles. The Morgan fingerprint density at radius 2 is 2.40 bits per heavy atom. The van der Waals surface area contributed by atoms with Gasteiger partial charge in [0.1, 0.15) is 0 Å². The summed E-state index contributed by atoms with van der Waals surface area (Å²) in [7, 11) is 0. The maximum Gasteiger partial charge on any atom is 0.248 e. The Hall–Kier alpha value is -2.29. The molecule has 1 aliphatic carbocycles. The number of hydrogen-bond donors (Lipinski definition) is 2. The van der Waals surface area contributed by atoms with E-state index in [2.05, 4.69) is 5.32 Å². The third-order valence-electron chi connectivity index (χ3n) is 1.97. The van der Waals surface area contributed by atoms with Gasteiger partial charge >= 0.3 is 0 Å². The van der Waals surface area contributed by atoms with Crippen LogP contribution in [0.25, 0.3) is 0 Å². The van der Waals surface area contributed by atoms with Crippen LogP contribution >= 0.6 is 0 Å². The molecule has 6 nitrogen and oxygen atoms in total. The average molecular weight is 206 g/mol. The Kier molecular flexibility index (Phi) is 3.46. The monoisotopic (exact) mass is 206 g/mol. The molecule has 15 heavy (non-hydrogen) atoms. The largest absolute Gasteiger partial charge is 0.403 e. The summed E-state index contributed by atoms with van der Waals surface area (Å²) < 4.78 is 0. The van der Waals surface area contributed by atoms with Crippen LogP contribution in [-0.4, -0.2) is 4.92 Å². The molecule has 0 saturated heterocycles. The lowest BCUT2D eigenvalue weighted by molar-refractivity contribution is -0.428. The van der Waals surface area contributed by atoms with E-state index >= 15 is 0 Å². The molecule has 0 aromatic rings. The second-order valence-corrected chi connectivity index (χ2v) is 2.90. The quantitative estimate of drug-likeness (QED) is 0.523. The van der Waals surface area contributed by atoms with Crippen LogP contribution < -0.4 is 11.1 Å². The highest BCUT2D eigenvalue weighted by Crippen LogP contribution is 2.22. The van der Waals surface area contributed by atoms with Crippen LogP contribution in [0.15, 0.2) is 35.4 Å². The summed E-state index contributed by atoms with van der Waals surface area (Å²) in [6.07, 6.45) is 4.71. The van der Waals surface area contributed by atoms with Crippen molar-refractivity contribution in [1.82, 2.24) is 5.32 Å². The van der Waals surface area contributed by atoms with E-state index in [1.165, 1.54) is 18.5 Å². The minimum Gasteiger partial charge on any atom is -0.403 e. The van der Waals surface area contributed by atoms with E-state index in [9.17, 15) is 10.1 Å². The number of nitrogens with two attached hydrogens (primary N) is 1. The fraction of sp³-hybridized carbons (Fsp3) is 0.222. The van der Waals surface area contributed by atoms with Crippen molar-refractivity contribution >= 4 is 0 Å². The van der Waals surface area contributed by atoms with Gasteiger partial charge in [-0.25, -0.2) is 0 Å². The van der Waals surface area contributed by atoms with E-state index in [0.717, 1.165) is 0 Å². The normalized spacial score (nSPS) is 16.1. The fourth-order valence-corrected chi connectivity index (χ4v) is 1.24. The molecule has 0 fully saturated rings. The van der Waals surface area contributed by atoms with E-state index in [1.807, 2.05) is 6.07 Å². The van der Waals surface area contributed by atoms with Crippen LogP contribution in [0.3, 0.4) is 0 Å². The maximum atomic E-state index is 10.5. The molecular formula is C9H10N4O2. The smallest absolute Gasteiger partial charge is 0.248 e. The van der Waals surface area contributed by atoms with Crippen molar-refractivity contribution < 1.29 is 4.92 Å². The van der Waals surface area contributed by atoms with Gasteiger partial charge < -0.3 is 11.1 Å². The van der Waals surface area contributed by atoms with E-state index in [0.29, 0.717) is 17.7 Å². The molecule has 0 bridgehead atoms. The first-order valence-corrected chi connectivity index (χ1v) is 4.30. The summed E-state index contributed by atoms with van der Waals surface area (Å²) in [5, 5.41) is 22.0. The van der Waals surface area contributed by atoms with E-state index in [4.69, 9.17) is 11.0 Å². The molecule has 0 unspecified atom stereocenters. The molecular weight excluding hydrogens is 196 g/mol. The van der Waals surface area contributed by atoms with Gasteiger partial charge in [0.05, 0.1) is 22.3 Å². The van der Waals surface area contributed by atoms with Crippen LogP contribution in [0.5, 0.6) is 0 Å². The van der Waals surface area contributed by atoms with Crippen molar-refractivity contribution in [1.29, 1.82) is 5.26 Å². The van der Waals surface area contributed by atoms with Crippen LogP contribution in [0.4, 0.5) is 0 Å². The SMILES string of the molecule is N#CC1=C(N/C=C\N)C=C([N+](=O)[O-])CC1. The molecule has 0 aliphatic heterocycles. The van der Waals surface area contributed by atoms with Crippen molar-refractivity contribution in [3.8, 4) is 6.07 Å². The highest BCUT2D eigenvalue weighted by atomic mass is 16.6. The van der Waals surface area contributed by atoms with Gasteiger partial charge in [0.25, 0.3) is 0 Å². The lowest BCUT2D eigenvalue weighted by Crippen LogP contribution is -2.13. The third kappa shape index (κ3) is 2.57. The van der Waals surface area contributed by atoms with Crippen LogP contribution in [0.2, 0.25) is 0 Å². The standard InChI is InChI=1S/C9H10N4O2/c10-3-4-12-9-5-8(13(14)15)2-1-7(9)6-11/h3-5,12H,1-2,10H2/b4-3-. The number of hydrogen-bond acceptors (Lipinski definition) is 5. The zero-order valence-electron chi connectivity index (χ0n) is 7.93. The first-order chi connectivity index (χ1) is 7.19. The molecule has 0 saturated carbocycles. The number of nitro groups is 1. The number of rotatable bonds is 3. The molecule has 6 heteroatoms. The number of allylic oxidation sites excluding steroid dienone is 3. The van der Waals surface area contributed by atoms with Gasteiger partial charge in [0, 0.05) is 24.9 Å². The van der Waals surface area contributed by atoms with Gasteiger partial charge in [-0.1, -0.05) is 0 Å². The summed E-state index contributed by atoms with van der Waals surface area (Å²) >= 11 is 0. The summed E-state index contributed by atoms with van der Waals surface area (Å²) in [5.74, 6) is 0. The summed E-state index contributed by atoms with van der Waals surface area (Å²) in [6, 6.07) is 2.00. The van der Waals surface area contributed by atoms with Gasteiger partial charge in [0.2, 0.25) is 5.70 Å². The zero-order valence-corrected chi connectivity index (χ0v) is 7.93. The predicted octanol–water partition coefficient (Wildman–Crippen LogP) is 0.738. The average Bonchev–Trinajstić information content (AvgIpc) is 2.25. The Bertz CT molecular complexity index is 401. The Balaban J connectivity index is 2.98. The molecule has 0 radical (unpaired) electrons. The Labute approximate surface area is 86.5 Å². The van der Waals surface area contributed by atoms with Crippen LogP contribution in [0.1, 0.15) is 12.8 Å². The van der Waals surface area contributed by atoms with Crippen LogP contribution in [0, 0.1) is 21.4 Å². The molecule has 78 valence electrons. The Morgan fingerprint density at radius 1 is 1.67 bits per heavy atom. The van der Waals surface area contributed by atoms with Gasteiger partial charge in [0.15, 0.2) is 0 Å². The van der Waals surface area contributed by atoms with E-state index < -0.39 is 4.92 Å². The maximum absolute atomic E-state index is 10.5. The first kappa shape index (κ1) is 10.8. The number of nitrogens with one attached hydrogen (secondary N) is 1. The van der Waals surface area contributed by atoms with Gasteiger partial charge in [-0.3, -0.25) is 10.1 Å². The second kappa shape index (κ2) is 4.81. The predicted molar refractivity (Wildman–Crippen MR) is 53.4 cm³/mol. The van der Waals surface area contributed by atoms with Crippen molar-refractivity contribution in [3.63, 3.8) is 0 Å². The lowest BCUT2D eigenvalue weighted by atomic mass is 10.0. The molecule has 1 aliphatic rings. The summed E-state index contributed by atoms with van der Waals surface area (Å²) in [5.41, 5.74) is 6.16. The number of nitriles is 1. The molecule has 3 N–H and O–H groups in total. The number of nitrogens with zero attached hydrogens (tertiary/aromatic N) is 2. The van der Waals surface area contributed by atoms with Crippen molar-refractivity contribution in [3.05, 3.63) is 45.6 Å². The molecule has 0 atom stereocenters. The lowest BCUT2D eigenvalue weighted by Gasteiger charge is -2.10. The van der Waals surface area contributed by atoms with Crippen LogP contribution in [-0.2, 0) is 0 Å². The minimum atomic E-state index is -0.442. The van der Waals surface area contributed by atoms with Gasteiger partial charge in [-0.05, 0) is 6.42 Å². The molecule has 0 amide bonds. The zero-order chi connectivity index (χ0) is 11.3. The summed E-state index contributed by atoms with van der Waals surface area (Å²) in [6.45, 7) is 0. The second-order valence-electron chi connectivity index (χ2n) is 2.90. The molecule has 1 rings (SSSR count). The molecule has 0 aromatic heterocycles. The van der Waals surface area contributed by atoms with Gasteiger partial charge in [-0.2, -0.15) is 5.26 Å². The van der Waals surface area contributed by atoms with Crippen molar-refractivity contribution in [2.45, 2.75) is 12.8 Å². The highest BCUT2D eigenvalue weighted by molar-refractivity contribution is 5.38. The Morgan fingerprint density at radius 3 is 2.93 bits per heavy atom. The fourth-order valence-electron chi connectivity index (χ4n) is 1.24. The highest BCUT2D eigenvalue weighted by Gasteiger charge is 2.19. The topological polar surface area (TPSA) is 105 Å². The van der Waals surface area contributed by atoms with Crippen molar-refractivity contribution in [2.24, 2.45) is 5.73 Å². The summed E-state index contributed by atoms with van der Waals surface area (Å²) in [4.78, 5) is 10.1. The minimum absolute atomic E-state index is 0.0990. The van der Waals surface area contributed by atoms with E-state index in [-0.39, 0.29) is 12.1 Å². The van der Waals surface area contributed by atoms with Gasteiger partial charge in [-0.15, -0.1) is 0 Å². The molecule has 0 heterocycles. The third-order valence-corrected chi connectivity index (χ3v) is 1.97. The molecule has 0 spiro atoms. The first-order valence-electron chi connectivity index (χ1n) is 4.30. The van der Waals surface area contributed by atoms with E-state index in [1.54, 1.807) is 0 Å².